The molecule has 3 heterocycles. The number of aromatic nitrogens is 3. The molecule has 1 saturated heterocycles. The highest BCUT2D eigenvalue weighted by molar-refractivity contribution is 5.58. The van der Waals surface area contributed by atoms with Gasteiger partial charge in [-0.1, -0.05) is 18.2 Å². The van der Waals surface area contributed by atoms with Crippen LogP contribution in [0.5, 0.6) is 0 Å². The van der Waals surface area contributed by atoms with Crippen LogP contribution in [-0.2, 0) is 13.1 Å². The molecular formula is C19H23N5O. The molecular weight excluding hydrogens is 314 g/mol. The smallest absolute Gasteiger partial charge is 0.137 e. The summed E-state index contributed by atoms with van der Waals surface area (Å²) in [6.45, 7) is 7.34. The third-order valence-corrected chi connectivity index (χ3v) is 4.72. The van der Waals surface area contributed by atoms with E-state index in [0.717, 1.165) is 57.1 Å². The van der Waals surface area contributed by atoms with Gasteiger partial charge < -0.3 is 4.42 Å². The van der Waals surface area contributed by atoms with Gasteiger partial charge in [-0.2, -0.15) is 5.10 Å². The number of hydrogen-bond acceptors (Lipinski definition) is 5. The second-order valence-corrected chi connectivity index (χ2v) is 6.45. The Morgan fingerprint density at radius 1 is 0.960 bits per heavy atom. The summed E-state index contributed by atoms with van der Waals surface area (Å²) in [6.07, 6.45) is 5.09. The fraction of sp³-hybridized carbons (Fsp3) is 0.368. The summed E-state index contributed by atoms with van der Waals surface area (Å²) in [5, 5.41) is 4.16. The highest BCUT2D eigenvalue weighted by Gasteiger charge is 2.17. The molecule has 25 heavy (non-hydrogen) atoms. The maximum Gasteiger partial charge on any atom is 0.137 e. The van der Waals surface area contributed by atoms with E-state index in [4.69, 9.17) is 4.42 Å². The summed E-state index contributed by atoms with van der Waals surface area (Å²) in [5.74, 6) is 0.930. The van der Waals surface area contributed by atoms with Crippen molar-refractivity contribution in [3.05, 3.63) is 60.9 Å². The Balaban J connectivity index is 1.28. The fourth-order valence-electron chi connectivity index (χ4n) is 3.29. The average Bonchev–Trinajstić information content (AvgIpc) is 3.35. The molecule has 3 aromatic rings. The highest BCUT2D eigenvalue weighted by atomic mass is 16.3. The Hall–Kier alpha value is -2.44. The molecule has 0 aliphatic carbocycles. The summed E-state index contributed by atoms with van der Waals surface area (Å²) in [7, 11) is 0. The average molecular weight is 337 g/mol. The predicted molar refractivity (Wildman–Crippen MR) is 95.9 cm³/mol. The van der Waals surface area contributed by atoms with Gasteiger partial charge >= 0.3 is 0 Å². The lowest BCUT2D eigenvalue weighted by Gasteiger charge is -2.34. The van der Waals surface area contributed by atoms with E-state index in [0.29, 0.717) is 0 Å². The van der Waals surface area contributed by atoms with E-state index in [2.05, 4.69) is 44.1 Å². The van der Waals surface area contributed by atoms with E-state index in [1.54, 1.807) is 18.9 Å². The minimum absolute atomic E-state index is 0.908. The summed E-state index contributed by atoms with van der Waals surface area (Å²) in [5.41, 5.74) is 2.49. The lowest BCUT2D eigenvalue weighted by molar-refractivity contribution is 0.123. The molecule has 1 aliphatic rings. The van der Waals surface area contributed by atoms with Crippen molar-refractivity contribution in [2.75, 3.05) is 32.7 Å². The van der Waals surface area contributed by atoms with Crippen LogP contribution in [0.2, 0.25) is 0 Å². The van der Waals surface area contributed by atoms with Gasteiger partial charge in [-0.3, -0.25) is 14.5 Å². The van der Waals surface area contributed by atoms with Gasteiger partial charge in [0.05, 0.1) is 12.8 Å². The lowest BCUT2D eigenvalue weighted by Crippen LogP contribution is -2.46. The second-order valence-electron chi connectivity index (χ2n) is 6.45. The van der Waals surface area contributed by atoms with Crippen molar-refractivity contribution >= 4 is 0 Å². The van der Waals surface area contributed by atoms with Crippen LogP contribution < -0.4 is 0 Å². The minimum atomic E-state index is 0.908. The van der Waals surface area contributed by atoms with Gasteiger partial charge in [0.2, 0.25) is 0 Å². The number of nitrogens with zero attached hydrogens (tertiary/aromatic N) is 5. The first-order valence-corrected chi connectivity index (χ1v) is 8.77. The highest BCUT2D eigenvalue weighted by Crippen LogP contribution is 2.21. The zero-order valence-electron chi connectivity index (χ0n) is 14.3. The molecule has 130 valence electrons. The molecule has 0 saturated carbocycles. The van der Waals surface area contributed by atoms with Crippen LogP contribution in [0.1, 0.15) is 5.56 Å². The van der Waals surface area contributed by atoms with Crippen molar-refractivity contribution in [1.29, 1.82) is 0 Å². The summed E-state index contributed by atoms with van der Waals surface area (Å²) in [6, 6.07) is 12.6. The zero-order valence-corrected chi connectivity index (χ0v) is 14.3. The standard InChI is InChI=1S/C19H23N5O/c1-3-17(13-18(4-1)19-5-2-12-25-19)14-23-8-6-22(7-9-23)10-11-24-16-20-15-21-24/h1-5,12-13,15-16H,6-11,14H2. The molecule has 2 aromatic heterocycles. The van der Waals surface area contributed by atoms with Gasteiger partial charge in [-0.05, 0) is 23.8 Å². The second kappa shape index (κ2) is 7.63. The molecule has 1 fully saturated rings. The molecule has 0 unspecified atom stereocenters. The monoisotopic (exact) mass is 337 g/mol. The molecule has 0 spiro atoms. The zero-order chi connectivity index (χ0) is 16.9. The van der Waals surface area contributed by atoms with Crippen LogP contribution >= 0.6 is 0 Å². The van der Waals surface area contributed by atoms with E-state index in [-0.39, 0.29) is 0 Å². The molecule has 0 N–H and O–H groups in total. The van der Waals surface area contributed by atoms with Gasteiger partial charge in [0.15, 0.2) is 0 Å². The number of hydrogen-bond donors (Lipinski definition) is 0. The maximum absolute atomic E-state index is 5.50. The number of rotatable bonds is 6. The van der Waals surface area contributed by atoms with Gasteiger partial charge in [0.1, 0.15) is 18.4 Å². The summed E-state index contributed by atoms with van der Waals surface area (Å²) in [4.78, 5) is 9.01. The Labute approximate surface area is 147 Å². The molecule has 6 heteroatoms. The molecule has 6 nitrogen and oxygen atoms in total. The number of benzene rings is 1. The van der Waals surface area contributed by atoms with Crippen LogP contribution in [0.25, 0.3) is 11.3 Å². The van der Waals surface area contributed by atoms with Crippen LogP contribution in [0, 0.1) is 0 Å². The number of piperazine rings is 1. The minimum Gasteiger partial charge on any atom is -0.464 e. The van der Waals surface area contributed by atoms with Crippen molar-refractivity contribution < 1.29 is 4.42 Å². The summed E-state index contributed by atoms with van der Waals surface area (Å²) >= 11 is 0. The van der Waals surface area contributed by atoms with Gasteiger partial charge in [-0.15, -0.1) is 0 Å². The quantitative estimate of drug-likeness (QED) is 0.691. The topological polar surface area (TPSA) is 50.3 Å². The summed E-state index contributed by atoms with van der Waals surface area (Å²) < 4.78 is 7.40. The Kier molecular flexibility index (Phi) is 4.90. The molecule has 0 radical (unpaired) electrons. The van der Waals surface area contributed by atoms with Crippen molar-refractivity contribution in [1.82, 2.24) is 24.6 Å². The maximum atomic E-state index is 5.50. The van der Waals surface area contributed by atoms with Crippen LogP contribution in [-0.4, -0.2) is 57.3 Å². The fourth-order valence-corrected chi connectivity index (χ4v) is 3.29. The molecule has 1 aliphatic heterocycles. The van der Waals surface area contributed by atoms with E-state index >= 15 is 0 Å². The third-order valence-electron chi connectivity index (χ3n) is 4.72. The molecule has 0 bridgehead atoms. The van der Waals surface area contributed by atoms with Crippen molar-refractivity contribution in [2.45, 2.75) is 13.1 Å². The Morgan fingerprint density at radius 2 is 1.84 bits per heavy atom. The lowest BCUT2D eigenvalue weighted by atomic mass is 10.1. The van der Waals surface area contributed by atoms with Crippen molar-refractivity contribution in [3.63, 3.8) is 0 Å². The van der Waals surface area contributed by atoms with Gasteiger partial charge in [0, 0.05) is 44.8 Å². The predicted octanol–water partition coefficient (Wildman–Crippen LogP) is 2.36. The molecule has 1 aromatic carbocycles. The number of furan rings is 1. The Morgan fingerprint density at radius 3 is 2.60 bits per heavy atom. The molecule has 4 rings (SSSR count). The van der Waals surface area contributed by atoms with E-state index < -0.39 is 0 Å². The largest absolute Gasteiger partial charge is 0.464 e. The normalized spacial score (nSPS) is 16.3. The first kappa shape index (κ1) is 16.1. The van der Waals surface area contributed by atoms with Crippen LogP contribution in [0.15, 0.2) is 59.7 Å². The first-order chi connectivity index (χ1) is 12.4. The van der Waals surface area contributed by atoms with E-state index in [1.165, 1.54) is 5.56 Å². The van der Waals surface area contributed by atoms with Gasteiger partial charge in [-0.25, -0.2) is 4.98 Å². The van der Waals surface area contributed by atoms with E-state index in [9.17, 15) is 0 Å². The van der Waals surface area contributed by atoms with Crippen LogP contribution in [0.4, 0.5) is 0 Å². The Bertz CT molecular complexity index is 761. The molecule has 0 amide bonds. The van der Waals surface area contributed by atoms with Crippen molar-refractivity contribution in [3.8, 4) is 11.3 Å². The van der Waals surface area contributed by atoms with Crippen LogP contribution in [0.3, 0.4) is 0 Å². The van der Waals surface area contributed by atoms with Gasteiger partial charge in [0.25, 0.3) is 0 Å². The van der Waals surface area contributed by atoms with Crippen molar-refractivity contribution in [2.24, 2.45) is 0 Å². The third kappa shape index (κ3) is 4.15. The molecule has 0 atom stereocenters. The van der Waals surface area contributed by atoms with E-state index in [1.807, 2.05) is 16.8 Å². The SMILES string of the molecule is c1cc(CN2CCN(CCn3cncn3)CC2)cc(-c2ccco2)c1. The first-order valence-electron chi connectivity index (χ1n) is 8.77.